The van der Waals surface area contributed by atoms with E-state index in [0.717, 1.165) is 19.3 Å². The van der Waals surface area contributed by atoms with Crippen molar-refractivity contribution in [2.24, 2.45) is 10.7 Å². The molecule has 1 rings (SSSR count). The summed E-state index contributed by atoms with van der Waals surface area (Å²) in [7, 11) is 0. The normalized spacial score (nSPS) is 24.2. The minimum Gasteiger partial charge on any atom is -0.424 e. The van der Waals surface area contributed by atoms with Crippen LogP contribution in [-0.2, 0) is 4.74 Å². The van der Waals surface area contributed by atoms with Gasteiger partial charge in [-0.15, -0.1) is 0 Å². The van der Waals surface area contributed by atoms with Gasteiger partial charge in [0, 0.05) is 12.6 Å². The molecule has 1 heterocycles. The largest absolute Gasteiger partial charge is 0.424 e. The number of amides is 1. The maximum Gasteiger partial charge on any atom is 0.406 e. The lowest BCUT2D eigenvalue weighted by atomic mass is 10.2. The summed E-state index contributed by atoms with van der Waals surface area (Å²) in [6.45, 7) is 0. The minimum absolute atomic E-state index is 0.328. The van der Waals surface area contributed by atoms with Gasteiger partial charge in [0.25, 0.3) is 0 Å². The van der Waals surface area contributed by atoms with Crippen molar-refractivity contribution in [3.8, 4) is 0 Å². The van der Waals surface area contributed by atoms with Gasteiger partial charge >= 0.3 is 6.09 Å². The molecule has 4 heteroatoms. The van der Waals surface area contributed by atoms with Crippen LogP contribution in [0.4, 0.5) is 4.79 Å². The van der Waals surface area contributed by atoms with Crippen LogP contribution in [0, 0.1) is 0 Å². The van der Waals surface area contributed by atoms with Crippen molar-refractivity contribution in [1.82, 2.24) is 0 Å². The Morgan fingerprint density at radius 1 is 1.80 bits per heavy atom. The molecular weight excluding hydrogens is 132 g/mol. The molecular formula is C6H10N2O2. The molecule has 0 aliphatic carbocycles. The number of hydrogen-bond donors (Lipinski definition) is 1. The van der Waals surface area contributed by atoms with E-state index in [1.807, 2.05) is 0 Å². The van der Waals surface area contributed by atoms with Crippen LogP contribution in [0.2, 0.25) is 0 Å². The average Bonchev–Trinajstić information content (AvgIpc) is 1.88. The molecule has 56 valence electrons. The summed E-state index contributed by atoms with van der Waals surface area (Å²) in [5.74, 6) is 0. The van der Waals surface area contributed by atoms with Crippen molar-refractivity contribution < 1.29 is 9.53 Å². The Balaban J connectivity index is 2.33. The number of ether oxygens (including phenoxy) is 1. The first-order valence-electron chi connectivity index (χ1n) is 3.27. The van der Waals surface area contributed by atoms with E-state index in [2.05, 4.69) is 9.73 Å². The second-order valence-electron chi connectivity index (χ2n) is 2.15. The fourth-order valence-corrected chi connectivity index (χ4v) is 0.874. The topological polar surface area (TPSA) is 64.7 Å². The molecule has 1 unspecified atom stereocenters. The predicted molar refractivity (Wildman–Crippen MR) is 36.8 cm³/mol. The van der Waals surface area contributed by atoms with Crippen LogP contribution in [0.1, 0.15) is 19.3 Å². The van der Waals surface area contributed by atoms with Gasteiger partial charge in [-0.1, -0.05) is 0 Å². The number of primary amides is 1. The molecule has 0 fully saturated rings. The highest BCUT2D eigenvalue weighted by Gasteiger charge is 2.11. The lowest BCUT2D eigenvalue weighted by Crippen LogP contribution is -2.22. The molecule has 1 atom stereocenters. The summed E-state index contributed by atoms with van der Waals surface area (Å²) >= 11 is 0. The standard InChI is InChI=1S/C6H10N2O2/c7-6(9)10-5-3-1-2-4-8-5/h4-5H,1-3H2,(H2,7,9). The summed E-state index contributed by atoms with van der Waals surface area (Å²) in [4.78, 5) is 14.1. The van der Waals surface area contributed by atoms with Gasteiger partial charge in [-0.3, -0.25) is 4.99 Å². The molecule has 2 N–H and O–H groups in total. The van der Waals surface area contributed by atoms with Crippen molar-refractivity contribution in [3.63, 3.8) is 0 Å². The highest BCUT2D eigenvalue weighted by molar-refractivity contribution is 5.65. The van der Waals surface area contributed by atoms with Gasteiger partial charge in [0.15, 0.2) is 6.23 Å². The van der Waals surface area contributed by atoms with Gasteiger partial charge in [-0.25, -0.2) is 4.79 Å². The zero-order chi connectivity index (χ0) is 7.40. The number of nitrogens with zero attached hydrogens (tertiary/aromatic N) is 1. The molecule has 4 nitrogen and oxygen atoms in total. The van der Waals surface area contributed by atoms with Crippen LogP contribution < -0.4 is 5.73 Å². The molecule has 10 heavy (non-hydrogen) atoms. The Labute approximate surface area is 59.1 Å². The summed E-state index contributed by atoms with van der Waals surface area (Å²) in [6.07, 6.45) is 3.46. The van der Waals surface area contributed by atoms with Gasteiger partial charge in [-0.2, -0.15) is 0 Å². The third kappa shape index (κ3) is 2.05. The number of rotatable bonds is 1. The van der Waals surface area contributed by atoms with Crippen LogP contribution in [0.5, 0.6) is 0 Å². The third-order valence-corrected chi connectivity index (χ3v) is 1.31. The number of carbonyl (C=O) groups is 1. The maximum atomic E-state index is 10.2. The molecule has 0 saturated carbocycles. The lowest BCUT2D eigenvalue weighted by Gasteiger charge is -2.14. The highest BCUT2D eigenvalue weighted by atomic mass is 16.6. The van der Waals surface area contributed by atoms with Crippen molar-refractivity contribution >= 4 is 12.3 Å². The number of carbonyl (C=O) groups excluding carboxylic acids is 1. The zero-order valence-corrected chi connectivity index (χ0v) is 5.62. The van der Waals surface area contributed by atoms with E-state index >= 15 is 0 Å². The highest BCUT2D eigenvalue weighted by Crippen LogP contribution is 2.09. The fraction of sp³-hybridized carbons (Fsp3) is 0.667. The Bertz CT molecular complexity index is 156. The van der Waals surface area contributed by atoms with E-state index in [1.165, 1.54) is 0 Å². The summed E-state index contributed by atoms with van der Waals surface area (Å²) in [5, 5.41) is 0. The Kier molecular flexibility index (Phi) is 2.25. The van der Waals surface area contributed by atoms with Gasteiger partial charge in [0.1, 0.15) is 0 Å². The van der Waals surface area contributed by atoms with E-state index < -0.39 is 6.09 Å². The molecule has 0 bridgehead atoms. The number of aliphatic imine (C=N–C) groups is 1. The predicted octanol–water partition coefficient (Wildman–Crippen LogP) is 0.663. The summed E-state index contributed by atoms with van der Waals surface area (Å²) in [5.41, 5.74) is 4.79. The second-order valence-corrected chi connectivity index (χ2v) is 2.15. The van der Waals surface area contributed by atoms with Crippen LogP contribution in [-0.4, -0.2) is 18.5 Å². The summed E-state index contributed by atoms with van der Waals surface area (Å²) < 4.78 is 4.63. The van der Waals surface area contributed by atoms with Gasteiger partial charge in [0.2, 0.25) is 0 Å². The smallest absolute Gasteiger partial charge is 0.406 e. The van der Waals surface area contributed by atoms with Crippen LogP contribution in [0.3, 0.4) is 0 Å². The van der Waals surface area contributed by atoms with Crippen molar-refractivity contribution in [2.45, 2.75) is 25.5 Å². The minimum atomic E-state index is -0.746. The molecule has 0 saturated heterocycles. The maximum absolute atomic E-state index is 10.2. The number of hydrogen-bond acceptors (Lipinski definition) is 3. The Hall–Kier alpha value is -1.06. The van der Waals surface area contributed by atoms with Gasteiger partial charge < -0.3 is 10.5 Å². The van der Waals surface area contributed by atoms with Gasteiger partial charge in [0.05, 0.1) is 0 Å². The van der Waals surface area contributed by atoms with Crippen molar-refractivity contribution in [2.75, 3.05) is 0 Å². The first-order valence-corrected chi connectivity index (χ1v) is 3.27. The van der Waals surface area contributed by atoms with Crippen LogP contribution in [0.15, 0.2) is 4.99 Å². The van der Waals surface area contributed by atoms with E-state index in [4.69, 9.17) is 5.73 Å². The molecule has 0 aromatic heterocycles. The first kappa shape index (κ1) is 7.05. The van der Waals surface area contributed by atoms with Crippen LogP contribution in [0.25, 0.3) is 0 Å². The molecule has 1 aliphatic heterocycles. The molecule has 0 aromatic carbocycles. The fourth-order valence-electron chi connectivity index (χ4n) is 0.874. The average molecular weight is 142 g/mol. The van der Waals surface area contributed by atoms with Crippen molar-refractivity contribution in [3.05, 3.63) is 0 Å². The number of nitrogens with two attached hydrogens (primary N) is 1. The first-order chi connectivity index (χ1) is 4.79. The summed E-state index contributed by atoms with van der Waals surface area (Å²) in [6, 6.07) is 0. The van der Waals surface area contributed by atoms with E-state index in [1.54, 1.807) is 6.21 Å². The zero-order valence-electron chi connectivity index (χ0n) is 5.62. The second kappa shape index (κ2) is 3.20. The lowest BCUT2D eigenvalue weighted by molar-refractivity contribution is 0.103. The van der Waals surface area contributed by atoms with E-state index in [0.29, 0.717) is 0 Å². The molecule has 0 spiro atoms. The Morgan fingerprint density at radius 2 is 2.60 bits per heavy atom. The molecule has 0 radical (unpaired) electrons. The quantitative estimate of drug-likeness (QED) is 0.584. The molecule has 0 aromatic rings. The SMILES string of the molecule is NC(=O)OC1CCCC=N1. The van der Waals surface area contributed by atoms with Gasteiger partial charge in [-0.05, 0) is 12.8 Å². The van der Waals surface area contributed by atoms with Crippen LogP contribution >= 0.6 is 0 Å². The Morgan fingerprint density at radius 3 is 3.10 bits per heavy atom. The van der Waals surface area contributed by atoms with E-state index in [-0.39, 0.29) is 6.23 Å². The molecule has 1 amide bonds. The third-order valence-electron chi connectivity index (χ3n) is 1.31. The van der Waals surface area contributed by atoms with Crippen molar-refractivity contribution in [1.29, 1.82) is 0 Å². The van der Waals surface area contributed by atoms with E-state index in [9.17, 15) is 4.79 Å². The monoisotopic (exact) mass is 142 g/mol. The molecule has 1 aliphatic rings.